The molecule has 1 aromatic rings. The highest BCUT2D eigenvalue weighted by molar-refractivity contribution is 9.10. The van der Waals surface area contributed by atoms with Crippen molar-refractivity contribution in [2.75, 3.05) is 6.61 Å². The molecule has 2 rings (SSSR count). The van der Waals surface area contributed by atoms with E-state index in [9.17, 15) is 4.79 Å². The zero-order valence-electron chi connectivity index (χ0n) is 7.37. The molecule has 0 radical (unpaired) electrons. The second-order valence-electron chi connectivity index (χ2n) is 3.30. The summed E-state index contributed by atoms with van der Waals surface area (Å²) >= 11 is 3.34. The van der Waals surface area contributed by atoms with Crippen LogP contribution in [0.15, 0.2) is 22.7 Å². The number of benzene rings is 1. The van der Waals surface area contributed by atoms with Crippen molar-refractivity contribution in [1.29, 1.82) is 0 Å². The molecule has 0 fully saturated rings. The van der Waals surface area contributed by atoms with Gasteiger partial charge in [0.15, 0.2) is 0 Å². The molecule has 14 heavy (non-hydrogen) atoms. The van der Waals surface area contributed by atoms with Gasteiger partial charge in [-0.25, -0.2) is 0 Å². The van der Waals surface area contributed by atoms with Crippen molar-refractivity contribution in [3.63, 3.8) is 0 Å². The van der Waals surface area contributed by atoms with Gasteiger partial charge in [0, 0.05) is 4.47 Å². The fraction of sp³-hybridized carbons (Fsp3) is 0.300. The minimum absolute atomic E-state index is 0.263. The van der Waals surface area contributed by atoms with Crippen molar-refractivity contribution < 1.29 is 14.6 Å². The topological polar surface area (TPSA) is 46.5 Å². The smallest absolute Gasteiger partial charge is 0.310 e. The molecule has 0 saturated heterocycles. The standard InChI is InChI=1S/C10H9BrO3/c11-8-2-1-6-3-7(10(12)13)5-14-9(6)4-8/h1-2,4,7H,3,5H2,(H,12,13). The van der Waals surface area contributed by atoms with Crippen LogP contribution in [-0.4, -0.2) is 17.7 Å². The monoisotopic (exact) mass is 256 g/mol. The number of aliphatic carboxylic acids is 1. The Morgan fingerprint density at radius 2 is 2.36 bits per heavy atom. The van der Waals surface area contributed by atoms with E-state index in [1.54, 1.807) is 0 Å². The maximum atomic E-state index is 10.7. The Hall–Kier alpha value is -1.03. The lowest BCUT2D eigenvalue weighted by molar-refractivity contribution is -0.143. The number of fused-ring (bicyclic) bond motifs is 1. The summed E-state index contributed by atoms with van der Waals surface area (Å²) in [7, 11) is 0. The maximum Gasteiger partial charge on any atom is 0.310 e. The Kier molecular flexibility index (Phi) is 2.46. The lowest BCUT2D eigenvalue weighted by Gasteiger charge is -2.22. The van der Waals surface area contributed by atoms with Crippen LogP contribution in [0.4, 0.5) is 0 Å². The van der Waals surface area contributed by atoms with Crippen LogP contribution < -0.4 is 4.74 Å². The second-order valence-corrected chi connectivity index (χ2v) is 4.22. The average molecular weight is 257 g/mol. The van der Waals surface area contributed by atoms with Gasteiger partial charge in [0.2, 0.25) is 0 Å². The van der Waals surface area contributed by atoms with Gasteiger partial charge in [-0.2, -0.15) is 0 Å². The quantitative estimate of drug-likeness (QED) is 0.837. The van der Waals surface area contributed by atoms with Gasteiger partial charge >= 0.3 is 5.97 Å². The van der Waals surface area contributed by atoms with E-state index in [0.717, 1.165) is 15.8 Å². The summed E-state index contributed by atoms with van der Waals surface area (Å²) < 4.78 is 6.32. The molecular formula is C10H9BrO3. The Balaban J connectivity index is 2.27. The minimum atomic E-state index is -0.793. The first-order valence-electron chi connectivity index (χ1n) is 4.31. The molecule has 0 aromatic heterocycles. The predicted octanol–water partition coefficient (Wildman–Crippen LogP) is 2.08. The average Bonchev–Trinajstić information content (AvgIpc) is 2.16. The van der Waals surface area contributed by atoms with Crippen LogP contribution in [0.1, 0.15) is 5.56 Å². The maximum absolute atomic E-state index is 10.7. The fourth-order valence-corrected chi connectivity index (χ4v) is 1.84. The van der Waals surface area contributed by atoms with E-state index in [-0.39, 0.29) is 6.61 Å². The van der Waals surface area contributed by atoms with Crippen molar-refractivity contribution in [2.45, 2.75) is 6.42 Å². The number of carboxylic acid groups (broad SMARTS) is 1. The number of halogens is 1. The molecule has 0 bridgehead atoms. The van der Waals surface area contributed by atoms with Crippen LogP contribution in [0.5, 0.6) is 5.75 Å². The zero-order chi connectivity index (χ0) is 10.1. The third kappa shape index (κ3) is 1.75. The van der Waals surface area contributed by atoms with Gasteiger partial charge in [-0.1, -0.05) is 22.0 Å². The summed E-state index contributed by atoms with van der Waals surface area (Å²) in [5, 5.41) is 8.83. The molecule has 0 amide bonds. The minimum Gasteiger partial charge on any atom is -0.492 e. The highest BCUT2D eigenvalue weighted by Crippen LogP contribution is 2.30. The molecule has 1 atom stereocenters. The number of carboxylic acids is 1. The highest BCUT2D eigenvalue weighted by Gasteiger charge is 2.25. The van der Waals surface area contributed by atoms with E-state index in [4.69, 9.17) is 9.84 Å². The van der Waals surface area contributed by atoms with Gasteiger partial charge in [-0.3, -0.25) is 4.79 Å². The molecule has 3 nitrogen and oxygen atoms in total. The number of rotatable bonds is 1. The lowest BCUT2D eigenvalue weighted by atomic mass is 9.97. The zero-order valence-corrected chi connectivity index (χ0v) is 8.95. The van der Waals surface area contributed by atoms with Crippen molar-refractivity contribution in [2.24, 2.45) is 5.92 Å². The van der Waals surface area contributed by atoms with Gasteiger partial charge in [-0.05, 0) is 24.1 Å². The third-order valence-electron chi connectivity index (χ3n) is 2.28. The van der Waals surface area contributed by atoms with Crippen LogP contribution in [-0.2, 0) is 11.2 Å². The molecule has 4 heteroatoms. The summed E-state index contributed by atoms with van der Waals surface area (Å²) in [5.74, 6) is -0.417. The summed E-state index contributed by atoms with van der Waals surface area (Å²) in [6.45, 7) is 0.263. The van der Waals surface area contributed by atoms with Gasteiger partial charge in [-0.15, -0.1) is 0 Å². The molecule has 1 heterocycles. The summed E-state index contributed by atoms with van der Waals surface area (Å²) in [6.07, 6.45) is 0.554. The normalized spacial score (nSPS) is 19.6. The SMILES string of the molecule is O=C(O)C1COc2cc(Br)ccc2C1. The van der Waals surface area contributed by atoms with Crippen LogP contribution in [0.2, 0.25) is 0 Å². The van der Waals surface area contributed by atoms with E-state index in [1.807, 2.05) is 18.2 Å². The molecule has 74 valence electrons. The number of ether oxygens (including phenoxy) is 1. The predicted molar refractivity (Wildman–Crippen MR) is 54.5 cm³/mol. The Bertz CT molecular complexity index is 376. The Morgan fingerprint density at radius 3 is 3.07 bits per heavy atom. The molecule has 0 spiro atoms. The molecular weight excluding hydrogens is 248 g/mol. The second kappa shape index (κ2) is 3.61. The summed E-state index contributed by atoms with van der Waals surface area (Å²) in [6, 6.07) is 5.66. The van der Waals surface area contributed by atoms with Crippen molar-refractivity contribution in [3.05, 3.63) is 28.2 Å². The molecule has 0 saturated carbocycles. The molecule has 0 aliphatic carbocycles. The van der Waals surface area contributed by atoms with Crippen molar-refractivity contribution >= 4 is 21.9 Å². The van der Waals surface area contributed by atoms with Crippen LogP contribution in [0, 0.1) is 5.92 Å². The first kappa shape index (κ1) is 9.52. The van der Waals surface area contributed by atoms with Crippen LogP contribution in [0.25, 0.3) is 0 Å². The number of hydrogen-bond donors (Lipinski definition) is 1. The number of carbonyl (C=O) groups is 1. The van der Waals surface area contributed by atoms with Crippen molar-refractivity contribution in [3.8, 4) is 5.75 Å². The lowest BCUT2D eigenvalue weighted by Crippen LogP contribution is -2.27. The third-order valence-corrected chi connectivity index (χ3v) is 2.78. The van der Waals surface area contributed by atoms with E-state index in [1.165, 1.54) is 0 Å². The van der Waals surface area contributed by atoms with Gasteiger partial charge in [0.1, 0.15) is 12.4 Å². The van der Waals surface area contributed by atoms with Gasteiger partial charge in [0.25, 0.3) is 0 Å². The molecule has 1 unspecified atom stereocenters. The van der Waals surface area contributed by atoms with E-state index >= 15 is 0 Å². The van der Waals surface area contributed by atoms with E-state index in [2.05, 4.69) is 15.9 Å². The summed E-state index contributed by atoms with van der Waals surface area (Å²) in [4.78, 5) is 10.7. The Morgan fingerprint density at radius 1 is 1.57 bits per heavy atom. The Labute approximate surface area is 89.8 Å². The van der Waals surface area contributed by atoms with Gasteiger partial charge in [0.05, 0.1) is 5.92 Å². The molecule has 1 aromatic carbocycles. The van der Waals surface area contributed by atoms with E-state index in [0.29, 0.717) is 6.42 Å². The molecule has 1 aliphatic rings. The summed E-state index contributed by atoms with van der Waals surface area (Å²) in [5.41, 5.74) is 0.965. The van der Waals surface area contributed by atoms with E-state index < -0.39 is 11.9 Å². The molecule has 1 N–H and O–H groups in total. The van der Waals surface area contributed by atoms with Crippen LogP contribution in [0.3, 0.4) is 0 Å². The van der Waals surface area contributed by atoms with Gasteiger partial charge < -0.3 is 9.84 Å². The largest absolute Gasteiger partial charge is 0.492 e. The number of hydrogen-bond acceptors (Lipinski definition) is 2. The van der Waals surface area contributed by atoms with Crippen LogP contribution >= 0.6 is 15.9 Å². The highest BCUT2D eigenvalue weighted by atomic mass is 79.9. The molecule has 1 aliphatic heterocycles. The first-order valence-corrected chi connectivity index (χ1v) is 5.10. The first-order chi connectivity index (χ1) is 6.66. The van der Waals surface area contributed by atoms with Crippen molar-refractivity contribution in [1.82, 2.24) is 0 Å². The fourth-order valence-electron chi connectivity index (χ4n) is 1.50.